The van der Waals surface area contributed by atoms with Gasteiger partial charge in [-0.05, 0) is 78.1 Å². The Balaban J connectivity index is 1.82. The molecule has 6 heteroatoms. The fourth-order valence-electron chi connectivity index (χ4n) is 4.85. The van der Waals surface area contributed by atoms with Gasteiger partial charge in [0.05, 0.1) is 12.2 Å². The molecule has 0 bridgehead atoms. The Kier molecular flexibility index (Phi) is 6.66. The van der Waals surface area contributed by atoms with E-state index in [2.05, 4.69) is 37.6 Å². The summed E-state index contributed by atoms with van der Waals surface area (Å²) in [6.45, 7) is 10.3. The van der Waals surface area contributed by atoms with Gasteiger partial charge >= 0.3 is 6.18 Å². The summed E-state index contributed by atoms with van der Waals surface area (Å²) in [5, 5.41) is 0. The number of rotatable bonds is 5. The van der Waals surface area contributed by atoms with Crippen molar-refractivity contribution in [2.45, 2.75) is 76.2 Å². The van der Waals surface area contributed by atoms with Crippen LogP contribution in [0.2, 0.25) is 0 Å². The number of nitrogens with zero attached hydrogens (tertiary/aromatic N) is 2. The molecule has 2 saturated heterocycles. The van der Waals surface area contributed by atoms with Crippen LogP contribution in [0.4, 0.5) is 13.2 Å². The Hall–Kier alpha value is -1.11. The molecule has 0 radical (unpaired) electrons. The smallest absolute Gasteiger partial charge is 0.380 e. The van der Waals surface area contributed by atoms with Gasteiger partial charge in [-0.3, -0.25) is 9.80 Å². The van der Waals surface area contributed by atoms with E-state index in [1.807, 2.05) is 6.07 Å². The molecule has 2 atom stereocenters. The lowest BCUT2D eigenvalue weighted by atomic mass is 9.79. The standard InChI is InChI=1S/C23H35F3N2O/c1-21(2,3)28-13-6-11-22(17-28,27(4)20-10-14-29-16-20)12-9-18-7-5-8-19(15-18)23(24,25)26/h5,7-8,15,20H,6,9-14,16-17H2,1-4H3/t20-,22-/m1/s1. The lowest BCUT2D eigenvalue weighted by molar-refractivity contribution is -0.137. The second-order valence-electron chi connectivity index (χ2n) is 9.75. The average Bonchev–Trinajstić information content (AvgIpc) is 3.19. The number of piperidine rings is 1. The number of ether oxygens (including phenoxy) is 1. The molecule has 2 heterocycles. The molecule has 2 fully saturated rings. The molecule has 0 saturated carbocycles. The minimum Gasteiger partial charge on any atom is -0.380 e. The zero-order valence-electron chi connectivity index (χ0n) is 18.2. The normalized spacial score (nSPS) is 27.0. The van der Waals surface area contributed by atoms with E-state index in [9.17, 15) is 13.2 Å². The number of aryl methyl sites for hydroxylation is 1. The van der Waals surface area contributed by atoms with Crippen LogP contribution >= 0.6 is 0 Å². The van der Waals surface area contributed by atoms with Crippen molar-refractivity contribution in [3.8, 4) is 0 Å². The first-order chi connectivity index (χ1) is 13.5. The second-order valence-corrected chi connectivity index (χ2v) is 9.75. The summed E-state index contributed by atoms with van der Waals surface area (Å²) in [6.07, 6.45) is 0.425. The third-order valence-corrected chi connectivity index (χ3v) is 6.84. The van der Waals surface area contributed by atoms with Crippen LogP contribution in [0.3, 0.4) is 0 Å². The highest BCUT2D eigenvalue weighted by molar-refractivity contribution is 5.26. The van der Waals surface area contributed by atoms with Crippen molar-refractivity contribution in [1.29, 1.82) is 0 Å². The molecular formula is C23H35F3N2O. The van der Waals surface area contributed by atoms with E-state index >= 15 is 0 Å². The van der Waals surface area contributed by atoms with Crippen molar-refractivity contribution in [3.63, 3.8) is 0 Å². The number of likely N-dealkylation sites (tertiary alicyclic amines) is 1. The van der Waals surface area contributed by atoms with Crippen LogP contribution in [-0.2, 0) is 17.3 Å². The molecular weight excluding hydrogens is 377 g/mol. The van der Waals surface area contributed by atoms with Gasteiger partial charge in [-0.2, -0.15) is 13.2 Å². The van der Waals surface area contributed by atoms with Gasteiger partial charge in [-0.25, -0.2) is 0 Å². The molecule has 0 aromatic heterocycles. The van der Waals surface area contributed by atoms with Gasteiger partial charge in [0.2, 0.25) is 0 Å². The second kappa shape index (κ2) is 8.56. The minimum atomic E-state index is -4.29. The van der Waals surface area contributed by atoms with Crippen molar-refractivity contribution in [3.05, 3.63) is 35.4 Å². The Bertz CT molecular complexity index is 679. The quantitative estimate of drug-likeness (QED) is 0.678. The molecule has 164 valence electrons. The van der Waals surface area contributed by atoms with Gasteiger partial charge in [-0.15, -0.1) is 0 Å². The fraction of sp³-hybridized carbons (Fsp3) is 0.739. The molecule has 0 spiro atoms. The van der Waals surface area contributed by atoms with Gasteiger partial charge in [0.25, 0.3) is 0 Å². The highest BCUT2D eigenvalue weighted by Crippen LogP contribution is 2.37. The molecule has 0 N–H and O–H groups in total. The predicted octanol–water partition coefficient (Wildman–Crippen LogP) is 4.99. The molecule has 1 aromatic carbocycles. The molecule has 2 aliphatic rings. The highest BCUT2D eigenvalue weighted by Gasteiger charge is 2.44. The number of benzene rings is 1. The Morgan fingerprint density at radius 1 is 1.24 bits per heavy atom. The van der Waals surface area contributed by atoms with Gasteiger partial charge in [0.1, 0.15) is 0 Å². The average molecular weight is 413 g/mol. The maximum atomic E-state index is 13.1. The zero-order chi connectivity index (χ0) is 21.3. The molecule has 3 nitrogen and oxygen atoms in total. The summed E-state index contributed by atoms with van der Waals surface area (Å²) in [4.78, 5) is 5.03. The van der Waals surface area contributed by atoms with Crippen molar-refractivity contribution < 1.29 is 17.9 Å². The number of hydrogen-bond acceptors (Lipinski definition) is 3. The predicted molar refractivity (Wildman–Crippen MR) is 110 cm³/mol. The van der Waals surface area contributed by atoms with E-state index in [1.165, 1.54) is 12.1 Å². The van der Waals surface area contributed by atoms with Crippen molar-refractivity contribution in [2.24, 2.45) is 0 Å². The molecule has 2 aliphatic heterocycles. The topological polar surface area (TPSA) is 15.7 Å². The van der Waals surface area contributed by atoms with Crippen LogP contribution < -0.4 is 0 Å². The fourth-order valence-corrected chi connectivity index (χ4v) is 4.85. The van der Waals surface area contributed by atoms with Gasteiger partial charge in [0, 0.05) is 30.3 Å². The lowest BCUT2D eigenvalue weighted by Crippen LogP contribution is -2.63. The monoisotopic (exact) mass is 412 g/mol. The molecule has 0 aliphatic carbocycles. The highest BCUT2D eigenvalue weighted by atomic mass is 19.4. The summed E-state index contributed by atoms with van der Waals surface area (Å²) in [5.74, 6) is 0. The van der Waals surface area contributed by atoms with Crippen molar-refractivity contribution >= 4 is 0 Å². The third kappa shape index (κ3) is 5.33. The summed E-state index contributed by atoms with van der Waals surface area (Å²) in [5.41, 5.74) is 0.247. The van der Waals surface area contributed by atoms with Gasteiger partial charge < -0.3 is 4.74 Å². The van der Waals surface area contributed by atoms with Crippen LogP contribution in [0.25, 0.3) is 0 Å². The van der Waals surface area contributed by atoms with Gasteiger partial charge in [0.15, 0.2) is 0 Å². The van der Waals surface area contributed by atoms with Gasteiger partial charge in [-0.1, -0.05) is 18.2 Å². The van der Waals surface area contributed by atoms with E-state index in [1.54, 1.807) is 0 Å². The van der Waals surface area contributed by atoms with E-state index in [4.69, 9.17) is 4.74 Å². The van der Waals surface area contributed by atoms with Crippen LogP contribution in [0.5, 0.6) is 0 Å². The maximum absolute atomic E-state index is 13.1. The Morgan fingerprint density at radius 3 is 2.62 bits per heavy atom. The number of halogens is 3. The molecule has 29 heavy (non-hydrogen) atoms. The van der Waals surface area contributed by atoms with E-state index in [0.29, 0.717) is 12.5 Å². The molecule has 1 aromatic rings. The first kappa shape index (κ1) is 22.6. The number of hydrogen-bond donors (Lipinski definition) is 0. The molecule has 0 amide bonds. The number of likely N-dealkylation sites (N-methyl/N-ethyl adjacent to an activating group) is 1. The van der Waals surface area contributed by atoms with E-state index < -0.39 is 11.7 Å². The van der Waals surface area contributed by atoms with E-state index in [0.717, 1.165) is 63.6 Å². The molecule has 3 rings (SSSR count). The first-order valence-corrected chi connectivity index (χ1v) is 10.7. The molecule has 0 unspecified atom stereocenters. The summed E-state index contributed by atoms with van der Waals surface area (Å²) >= 11 is 0. The SMILES string of the molecule is CN([C@@H]1CCOC1)[C@@]1(CCc2cccc(C(F)(F)F)c2)CCCN(C(C)(C)C)C1. The zero-order valence-corrected chi connectivity index (χ0v) is 18.2. The Morgan fingerprint density at radius 2 is 2.00 bits per heavy atom. The third-order valence-electron chi connectivity index (χ3n) is 6.84. The number of alkyl halides is 3. The maximum Gasteiger partial charge on any atom is 0.416 e. The Labute approximate surface area is 173 Å². The van der Waals surface area contributed by atoms with Crippen molar-refractivity contribution in [2.75, 3.05) is 33.4 Å². The van der Waals surface area contributed by atoms with Crippen LogP contribution in [0.1, 0.15) is 57.6 Å². The van der Waals surface area contributed by atoms with Crippen molar-refractivity contribution in [1.82, 2.24) is 9.80 Å². The summed E-state index contributed by atoms with van der Waals surface area (Å²) in [7, 11) is 2.19. The van der Waals surface area contributed by atoms with Crippen LogP contribution in [0.15, 0.2) is 24.3 Å². The minimum absolute atomic E-state index is 0.0435. The summed E-state index contributed by atoms with van der Waals surface area (Å²) < 4.78 is 45.0. The largest absolute Gasteiger partial charge is 0.416 e. The van der Waals surface area contributed by atoms with Crippen LogP contribution in [0, 0.1) is 0 Å². The summed E-state index contributed by atoms with van der Waals surface area (Å²) in [6, 6.07) is 6.21. The first-order valence-electron chi connectivity index (χ1n) is 10.7. The van der Waals surface area contributed by atoms with Crippen LogP contribution in [-0.4, -0.2) is 60.3 Å². The lowest BCUT2D eigenvalue weighted by Gasteiger charge is -2.53. The van der Waals surface area contributed by atoms with E-state index in [-0.39, 0.29) is 11.1 Å².